The zero-order chi connectivity index (χ0) is 16.4. The molecule has 0 saturated carbocycles. The Hall–Kier alpha value is -0.400. The van der Waals surface area contributed by atoms with Crippen molar-refractivity contribution in [2.75, 3.05) is 13.2 Å². The highest BCUT2D eigenvalue weighted by Gasteiger charge is 2.48. The molecule has 22 heavy (non-hydrogen) atoms. The van der Waals surface area contributed by atoms with Gasteiger partial charge in [-0.15, -0.1) is 0 Å². The molecule has 7 N–H and O–H groups in total. The number of hydrogen-bond acceptors (Lipinski definition) is 10. The van der Waals surface area contributed by atoms with Gasteiger partial charge >= 0.3 is 0 Å². The summed E-state index contributed by atoms with van der Waals surface area (Å²) in [5.41, 5.74) is 0. The molecular formula is C12H22O10. The van der Waals surface area contributed by atoms with Gasteiger partial charge in [-0.1, -0.05) is 0 Å². The first-order valence-electron chi connectivity index (χ1n) is 6.97. The molecule has 2 rings (SSSR count). The van der Waals surface area contributed by atoms with E-state index in [0.717, 1.165) is 0 Å². The van der Waals surface area contributed by atoms with E-state index in [-0.39, 0.29) is 6.42 Å². The maximum atomic E-state index is 9.94. The van der Waals surface area contributed by atoms with Gasteiger partial charge in [0.15, 0.2) is 12.6 Å². The predicted molar refractivity (Wildman–Crippen MR) is 67.2 cm³/mol. The molecule has 2 fully saturated rings. The van der Waals surface area contributed by atoms with Crippen molar-refractivity contribution in [3.63, 3.8) is 0 Å². The first kappa shape index (κ1) is 17.9. The minimum atomic E-state index is -1.69. The predicted octanol–water partition coefficient (Wildman–Crippen LogP) is -4.37. The Bertz CT molecular complexity index is 353. The van der Waals surface area contributed by atoms with Gasteiger partial charge < -0.3 is 50.0 Å². The standard InChI is InChI=1S/C12H22O10/c13-2-4-1-5(15)7(16)12(20-4)22-10-6(3-14)21-11(19)9(18)8(10)17/h4-19H,1-3H2/t4-,5-,6+,7+,8+,9+,10+,11+,12+/m0/s1. The quantitative estimate of drug-likeness (QED) is 0.268. The minimum Gasteiger partial charge on any atom is -0.394 e. The van der Waals surface area contributed by atoms with Crippen molar-refractivity contribution < 1.29 is 50.0 Å². The summed E-state index contributed by atoms with van der Waals surface area (Å²) in [7, 11) is 0. The Labute approximate surface area is 126 Å². The van der Waals surface area contributed by atoms with Gasteiger partial charge in [0.2, 0.25) is 0 Å². The molecule has 0 aliphatic carbocycles. The summed E-state index contributed by atoms with van der Waals surface area (Å²) < 4.78 is 15.5. The third kappa shape index (κ3) is 3.57. The van der Waals surface area contributed by atoms with Crippen LogP contribution in [0.1, 0.15) is 6.42 Å². The van der Waals surface area contributed by atoms with Crippen LogP contribution in [-0.2, 0) is 14.2 Å². The Morgan fingerprint density at radius 1 is 0.864 bits per heavy atom. The summed E-state index contributed by atoms with van der Waals surface area (Å²) >= 11 is 0. The van der Waals surface area contributed by atoms with Gasteiger partial charge in [0.25, 0.3) is 0 Å². The summed E-state index contributed by atoms with van der Waals surface area (Å²) in [4.78, 5) is 0. The second-order valence-corrected chi connectivity index (χ2v) is 5.43. The van der Waals surface area contributed by atoms with Crippen molar-refractivity contribution in [3.8, 4) is 0 Å². The maximum Gasteiger partial charge on any atom is 0.186 e. The summed E-state index contributed by atoms with van der Waals surface area (Å²) in [6.45, 7) is -1.03. The van der Waals surface area contributed by atoms with Crippen LogP contribution in [0.15, 0.2) is 0 Å². The molecule has 130 valence electrons. The highest BCUT2D eigenvalue weighted by Crippen LogP contribution is 2.28. The highest BCUT2D eigenvalue weighted by molar-refractivity contribution is 4.91. The Morgan fingerprint density at radius 2 is 1.55 bits per heavy atom. The lowest BCUT2D eigenvalue weighted by atomic mass is 9.98. The summed E-state index contributed by atoms with van der Waals surface area (Å²) in [5.74, 6) is 0. The molecule has 2 saturated heterocycles. The Kier molecular flexibility index (Phi) is 6.07. The van der Waals surface area contributed by atoms with Gasteiger partial charge in [-0.05, 0) is 0 Å². The second kappa shape index (κ2) is 7.45. The van der Waals surface area contributed by atoms with Crippen molar-refractivity contribution >= 4 is 0 Å². The molecule has 0 unspecified atom stereocenters. The number of ether oxygens (including phenoxy) is 3. The molecule has 2 aliphatic rings. The maximum absolute atomic E-state index is 9.94. The van der Waals surface area contributed by atoms with Crippen molar-refractivity contribution in [2.24, 2.45) is 0 Å². The first-order chi connectivity index (χ1) is 10.4. The molecule has 0 radical (unpaired) electrons. The van der Waals surface area contributed by atoms with Gasteiger partial charge in [0.1, 0.15) is 30.5 Å². The van der Waals surface area contributed by atoms with Crippen LogP contribution in [0.3, 0.4) is 0 Å². The molecule has 0 amide bonds. The lowest BCUT2D eigenvalue weighted by Crippen LogP contribution is -2.62. The van der Waals surface area contributed by atoms with E-state index >= 15 is 0 Å². The number of rotatable bonds is 4. The topological polar surface area (TPSA) is 169 Å². The van der Waals surface area contributed by atoms with E-state index in [1.807, 2.05) is 0 Å². The number of aliphatic hydroxyl groups is 7. The fourth-order valence-electron chi connectivity index (χ4n) is 2.54. The van der Waals surface area contributed by atoms with Crippen LogP contribution in [0, 0.1) is 0 Å². The average Bonchev–Trinajstić information content (AvgIpc) is 2.51. The molecule has 0 aromatic rings. The smallest absolute Gasteiger partial charge is 0.186 e. The molecule has 10 nitrogen and oxygen atoms in total. The van der Waals surface area contributed by atoms with Gasteiger partial charge in [0, 0.05) is 6.42 Å². The molecule has 10 heteroatoms. The van der Waals surface area contributed by atoms with Crippen molar-refractivity contribution in [2.45, 2.75) is 61.7 Å². The van der Waals surface area contributed by atoms with Crippen molar-refractivity contribution in [3.05, 3.63) is 0 Å². The van der Waals surface area contributed by atoms with Gasteiger partial charge in [-0.3, -0.25) is 0 Å². The zero-order valence-corrected chi connectivity index (χ0v) is 11.7. The van der Waals surface area contributed by atoms with Crippen LogP contribution in [0.25, 0.3) is 0 Å². The van der Waals surface area contributed by atoms with Crippen LogP contribution >= 0.6 is 0 Å². The van der Waals surface area contributed by atoms with Crippen LogP contribution in [-0.4, -0.2) is 104 Å². The van der Waals surface area contributed by atoms with Crippen molar-refractivity contribution in [1.82, 2.24) is 0 Å². The van der Waals surface area contributed by atoms with Gasteiger partial charge in [-0.2, -0.15) is 0 Å². The van der Waals surface area contributed by atoms with Gasteiger partial charge in [-0.25, -0.2) is 0 Å². The number of hydrogen-bond donors (Lipinski definition) is 7. The Morgan fingerprint density at radius 3 is 2.14 bits per heavy atom. The summed E-state index contributed by atoms with van der Waals surface area (Å²) in [6.07, 6.45) is -12.3. The van der Waals surface area contributed by atoms with E-state index in [0.29, 0.717) is 0 Å². The van der Waals surface area contributed by atoms with E-state index in [1.54, 1.807) is 0 Å². The monoisotopic (exact) mass is 326 g/mol. The molecule has 9 atom stereocenters. The molecule has 0 aromatic carbocycles. The van der Waals surface area contributed by atoms with Crippen LogP contribution in [0.2, 0.25) is 0 Å². The average molecular weight is 326 g/mol. The minimum absolute atomic E-state index is 0.00597. The van der Waals surface area contributed by atoms with E-state index < -0.39 is 68.5 Å². The van der Waals surface area contributed by atoms with E-state index in [9.17, 15) is 30.6 Å². The van der Waals surface area contributed by atoms with E-state index in [4.69, 9.17) is 19.3 Å². The molecule has 0 aromatic heterocycles. The number of aliphatic hydroxyl groups excluding tert-OH is 7. The second-order valence-electron chi connectivity index (χ2n) is 5.43. The molecule has 2 aliphatic heterocycles. The SMILES string of the molecule is OC[C@@H]1C[C@H](O)[C@@H](O)[C@@H](O[C@H]2[C@H](O)[C@@H](O)[C@H](O)O[C@@H]2CO)O1. The lowest BCUT2D eigenvalue weighted by Gasteiger charge is -2.44. The first-order valence-corrected chi connectivity index (χ1v) is 6.97. The molecule has 0 spiro atoms. The van der Waals surface area contributed by atoms with Gasteiger partial charge in [0.05, 0.1) is 25.4 Å². The highest BCUT2D eigenvalue weighted by atomic mass is 16.7. The van der Waals surface area contributed by atoms with Crippen LogP contribution < -0.4 is 0 Å². The fourth-order valence-corrected chi connectivity index (χ4v) is 2.54. The summed E-state index contributed by atoms with van der Waals surface area (Å²) in [5, 5.41) is 66.8. The van der Waals surface area contributed by atoms with Crippen LogP contribution in [0.5, 0.6) is 0 Å². The Balaban J connectivity index is 2.08. The van der Waals surface area contributed by atoms with E-state index in [1.165, 1.54) is 0 Å². The fraction of sp³-hybridized carbons (Fsp3) is 1.00. The molecule has 0 bridgehead atoms. The van der Waals surface area contributed by atoms with E-state index in [2.05, 4.69) is 0 Å². The largest absolute Gasteiger partial charge is 0.394 e. The zero-order valence-electron chi connectivity index (χ0n) is 11.7. The third-order valence-corrected chi connectivity index (χ3v) is 3.84. The summed E-state index contributed by atoms with van der Waals surface area (Å²) in [6, 6.07) is 0. The molecular weight excluding hydrogens is 304 g/mol. The third-order valence-electron chi connectivity index (χ3n) is 3.84. The normalized spacial score (nSPS) is 50.0. The molecule has 2 heterocycles. The lowest BCUT2D eigenvalue weighted by molar-refractivity contribution is -0.344. The van der Waals surface area contributed by atoms with Crippen LogP contribution in [0.4, 0.5) is 0 Å². The van der Waals surface area contributed by atoms with Crippen molar-refractivity contribution in [1.29, 1.82) is 0 Å².